The molecule has 2 aromatic carbocycles. The monoisotopic (exact) mass is 458 g/mol. The van der Waals surface area contributed by atoms with Crippen molar-refractivity contribution in [3.05, 3.63) is 82.4 Å². The Kier molecular flexibility index (Phi) is 7.19. The fraction of sp³-hybridized carbons (Fsp3) is 0.385. The van der Waals surface area contributed by atoms with Gasteiger partial charge >= 0.3 is 0 Å². The minimum Gasteiger partial charge on any atom is -0.299 e. The van der Waals surface area contributed by atoms with Gasteiger partial charge in [0.2, 0.25) is 0 Å². The van der Waals surface area contributed by atoms with Gasteiger partial charge in [0, 0.05) is 26.2 Å². The van der Waals surface area contributed by atoms with Crippen LogP contribution in [0.3, 0.4) is 0 Å². The van der Waals surface area contributed by atoms with Crippen molar-refractivity contribution >= 4 is 0 Å². The number of benzene rings is 2. The number of hydrogen-bond donors (Lipinski definition) is 0. The van der Waals surface area contributed by atoms with E-state index in [0.29, 0.717) is 0 Å². The summed E-state index contributed by atoms with van der Waals surface area (Å²) >= 11 is 0. The van der Waals surface area contributed by atoms with Crippen LogP contribution >= 0.6 is 0 Å². The lowest BCUT2D eigenvalue weighted by molar-refractivity contribution is 0.244. The molecule has 0 saturated heterocycles. The summed E-state index contributed by atoms with van der Waals surface area (Å²) in [6.07, 6.45) is 4.06. The molecule has 34 heavy (non-hydrogen) atoms. The predicted molar refractivity (Wildman–Crippen MR) is 134 cm³/mol. The molecule has 2 aromatic heterocycles. The van der Waals surface area contributed by atoms with Crippen molar-refractivity contribution in [3.63, 3.8) is 0 Å². The molecule has 0 N–H and O–H groups in total. The lowest BCUT2D eigenvalue weighted by Gasteiger charge is -2.20. The van der Waals surface area contributed by atoms with E-state index < -0.39 is 0 Å². The Bertz CT molecular complexity index is 1120. The summed E-state index contributed by atoms with van der Waals surface area (Å²) in [5, 5.41) is 17.5. The van der Waals surface area contributed by atoms with Gasteiger partial charge in [0.05, 0.1) is 35.2 Å². The van der Waals surface area contributed by atoms with E-state index in [4.69, 9.17) is 0 Å². The number of aryl methyl sites for hydroxylation is 4. The summed E-state index contributed by atoms with van der Waals surface area (Å²) in [5.41, 5.74) is 8.92. The highest BCUT2D eigenvalue weighted by Gasteiger charge is 2.12. The average Bonchev–Trinajstić information content (AvgIpc) is 3.42. The standard InChI is InChI=1S/C26H34N8/c1-19-9-7-10-20(2)25(19)33-17-23(27-29-33)15-31(5)13-14-32(6)16-24-18-34(30-28-24)26-21(3)11-8-12-22(26)4/h7-12,17-18H,13-16H2,1-6H3. The van der Waals surface area contributed by atoms with Crippen LogP contribution in [0.1, 0.15) is 33.6 Å². The average molecular weight is 459 g/mol. The third-order valence-electron chi connectivity index (χ3n) is 6.15. The van der Waals surface area contributed by atoms with Crippen LogP contribution in [0, 0.1) is 27.7 Å². The fourth-order valence-electron chi connectivity index (χ4n) is 4.35. The van der Waals surface area contributed by atoms with Gasteiger partial charge in [-0.25, -0.2) is 9.36 Å². The van der Waals surface area contributed by atoms with E-state index in [9.17, 15) is 0 Å². The molecule has 0 atom stereocenters. The second kappa shape index (κ2) is 10.3. The molecule has 2 heterocycles. The number of aromatic nitrogens is 6. The lowest BCUT2D eigenvalue weighted by atomic mass is 10.1. The van der Waals surface area contributed by atoms with E-state index >= 15 is 0 Å². The first-order valence-corrected chi connectivity index (χ1v) is 11.6. The van der Waals surface area contributed by atoms with Crippen molar-refractivity contribution in [3.8, 4) is 11.4 Å². The number of rotatable bonds is 9. The van der Waals surface area contributed by atoms with Crippen LogP contribution < -0.4 is 0 Å². The van der Waals surface area contributed by atoms with Crippen LogP contribution in [-0.4, -0.2) is 67.0 Å². The first-order valence-electron chi connectivity index (χ1n) is 11.6. The summed E-state index contributed by atoms with van der Waals surface area (Å²) in [7, 11) is 4.23. The zero-order valence-corrected chi connectivity index (χ0v) is 21.0. The zero-order chi connectivity index (χ0) is 24.2. The molecule has 0 aliphatic carbocycles. The minimum absolute atomic E-state index is 0.752. The molecule has 0 unspecified atom stereocenters. The summed E-state index contributed by atoms with van der Waals surface area (Å²) in [4.78, 5) is 4.53. The van der Waals surface area contributed by atoms with Gasteiger partial charge in [0.15, 0.2) is 0 Å². The number of hydrogen-bond acceptors (Lipinski definition) is 6. The van der Waals surface area contributed by atoms with Crippen molar-refractivity contribution in [2.24, 2.45) is 0 Å². The molecule has 0 radical (unpaired) electrons. The van der Waals surface area contributed by atoms with Gasteiger partial charge < -0.3 is 0 Å². The van der Waals surface area contributed by atoms with Crippen LogP contribution in [0.2, 0.25) is 0 Å². The molecule has 0 aliphatic rings. The van der Waals surface area contributed by atoms with Crippen LogP contribution in [0.25, 0.3) is 11.4 Å². The highest BCUT2D eigenvalue weighted by atomic mass is 15.4. The molecule has 0 aliphatic heterocycles. The maximum atomic E-state index is 4.39. The van der Waals surface area contributed by atoms with E-state index in [2.05, 4.69) is 109 Å². The van der Waals surface area contributed by atoms with Crippen molar-refractivity contribution in [2.75, 3.05) is 27.2 Å². The van der Waals surface area contributed by atoms with Crippen LogP contribution in [0.5, 0.6) is 0 Å². The minimum atomic E-state index is 0.752. The SMILES string of the molecule is Cc1cccc(C)c1-n1cc(CN(C)CCN(C)Cc2cn(-c3c(C)cccc3C)nn2)nn1. The Balaban J connectivity index is 1.30. The molecule has 178 valence electrons. The maximum Gasteiger partial charge on any atom is 0.0971 e. The van der Waals surface area contributed by atoms with E-state index in [0.717, 1.165) is 48.9 Å². The molecule has 8 heteroatoms. The molecule has 4 rings (SSSR count). The molecule has 0 fully saturated rings. The number of para-hydroxylation sites is 2. The van der Waals surface area contributed by atoms with Gasteiger partial charge in [-0.3, -0.25) is 9.80 Å². The summed E-state index contributed by atoms with van der Waals surface area (Å²) in [6.45, 7) is 11.7. The first kappa shape index (κ1) is 23.8. The van der Waals surface area contributed by atoms with E-state index in [-0.39, 0.29) is 0 Å². The third kappa shape index (κ3) is 5.40. The fourth-order valence-corrected chi connectivity index (χ4v) is 4.35. The second-order valence-corrected chi connectivity index (χ2v) is 9.27. The summed E-state index contributed by atoms with van der Waals surface area (Å²) in [5.74, 6) is 0. The third-order valence-corrected chi connectivity index (χ3v) is 6.15. The van der Waals surface area contributed by atoms with Crippen molar-refractivity contribution in [1.82, 2.24) is 39.8 Å². The Hall–Kier alpha value is -3.36. The normalized spacial score (nSPS) is 11.6. The Morgan fingerprint density at radius 2 is 0.971 bits per heavy atom. The summed E-state index contributed by atoms with van der Waals surface area (Å²) in [6, 6.07) is 12.6. The molecule has 0 saturated carbocycles. The molecular formula is C26H34N8. The molecule has 0 bridgehead atoms. The highest BCUT2D eigenvalue weighted by Crippen LogP contribution is 2.19. The molecule has 8 nitrogen and oxygen atoms in total. The summed E-state index contributed by atoms with van der Waals surface area (Å²) < 4.78 is 3.78. The van der Waals surface area contributed by atoms with Crippen molar-refractivity contribution in [1.29, 1.82) is 0 Å². The maximum absolute atomic E-state index is 4.39. The van der Waals surface area contributed by atoms with Crippen LogP contribution in [0.15, 0.2) is 48.8 Å². The van der Waals surface area contributed by atoms with E-state index in [1.807, 2.05) is 21.8 Å². The van der Waals surface area contributed by atoms with Gasteiger partial charge in [-0.15, -0.1) is 10.2 Å². The first-order chi connectivity index (χ1) is 16.3. The molecule has 0 spiro atoms. The van der Waals surface area contributed by atoms with Crippen molar-refractivity contribution in [2.45, 2.75) is 40.8 Å². The van der Waals surface area contributed by atoms with E-state index in [1.165, 1.54) is 22.3 Å². The predicted octanol–water partition coefficient (Wildman–Crippen LogP) is 3.65. The molecular weight excluding hydrogens is 424 g/mol. The topological polar surface area (TPSA) is 67.9 Å². The van der Waals surface area contributed by atoms with Crippen molar-refractivity contribution < 1.29 is 0 Å². The van der Waals surface area contributed by atoms with Gasteiger partial charge in [0.25, 0.3) is 0 Å². The molecule has 0 amide bonds. The van der Waals surface area contributed by atoms with Gasteiger partial charge in [-0.2, -0.15) is 0 Å². The quantitative estimate of drug-likeness (QED) is 0.381. The zero-order valence-electron chi connectivity index (χ0n) is 21.0. The van der Waals surface area contributed by atoms with Gasteiger partial charge in [0.1, 0.15) is 0 Å². The lowest BCUT2D eigenvalue weighted by Crippen LogP contribution is -2.30. The molecule has 4 aromatic rings. The second-order valence-electron chi connectivity index (χ2n) is 9.27. The Morgan fingerprint density at radius 1 is 0.618 bits per heavy atom. The number of nitrogens with zero attached hydrogens (tertiary/aromatic N) is 8. The van der Waals surface area contributed by atoms with E-state index in [1.54, 1.807) is 0 Å². The Labute approximate surface area is 201 Å². The van der Waals surface area contributed by atoms with Gasteiger partial charge in [-0.1, -0.05) is 46.8 Å². The highest BCUT2D eigenvalue weighted by molar-refractivity contribution is 5.47. The largest absolute Gasteiger partial charge is 0.299 e. The van der Waals surface area contributed by atoms with Crippen LogP contribution in [0.4, 0.5) is 0 Å². The van der Waals surface area contributed by atoms with Gasteiger partial charge in [-0.05, 0) is 64.0 Å². The smallest absolute Gasteiger partial charge is 0.0971 e. The van der Waals surface area contributed by atoms with Crippen LogP contribution in [-0.2, 0) is 13.1 Å². The Morgan fingerprint density at radius 3 is 1.32 bits per heavy atom. The number of likely N-dealkylation sites (N-methyl/N-ethyl adjacent to an activating group) is 2.